The summed E-state index contributed by atoms with van der Waals surface area (Å²) >= 11 is 0. The number of alkyl halides is 1. The first-order valence-corrected chi connectivity index (χ1v) is 9.97. The molecule has 0 rings (SSSR count). The highest BCUT2D eigenvalue weighted by Gasteiger charge is 2.04. The number of carbonyl (C=O) groups is 1. The summed E-state index contributed by atoms with van der Waals surface area (Å²) in [5.41, 5.74) is 11.1. The fourth-order valence-electron chi connectivity index (χ4n) is 1.15. The number of nitrogens with zero attached hydrogens (tertiary/aromatic N) is 1. The standard InChI is InChI=1S/C7H15NO.C5H12O.C5H10.C4H10N2.CH3F/c1-3-5-8(7-9)6-4-2;1-5(2,3)6-4;1-3-5-4-2;1-2-4(6)3-5;1-2/h7H,3-6H2,1-2H3;1-4H3;3,5H,4H2,1-2H3;2H,3,5-6H2,1H3;1H3/b;;5-3+;4-2+;. The zero-order valence-electron chi connectivity index (χ0n) is 20.3. The predicted molar refractivity (Wildman–Crippen MR) is 124 cm³/mol. The number of ether oxygens (including phenoxy) is 1. The number of carbonyl (C=O) groups excluding carboxylic acids is 1. The van der Waals surface area contributed by atoms with Gasteiger partial charge in [-0.1, -0.05) is 39.0 Å². The number of hydrogen-bond acceptors (Lipinski definition) is 4. The van der Waals surface area contributed by atoms with E-state index in [1.54, 1.807) is 18.1 Å². The van der Waals surface area contributed by atoms with Crippen LogP contribution in [-0.2, 0) is 9.53 Å². The number of amides is 1. The third-order valence-electron chi connectivity index (χ3n) is 2.86. The molecular weight excluding hydrogens is 357 g/mol. The summed E-state index contributed by atoms with van der Waals surface area (Å²) < 4.78 is 14.4. The average molecular weight is 408 g/mol. The van der Waals surface area contributed by atoms with Gasteiger partial charge in [0.1, 0.15) is 0 Å². The summed E-state index contributed by atoms with van der Waals surface area (Å²) in [6.07, 6.45) is 10.2. The summed E-state index contributed by atoms with van der Waals surface area (Å²) in [4.78, 5) is 12.0. The van der Waals surface area contributed by atoms with Crippen molar-refractivity contribution in [3.63, 3.8) is 0 Å². The lowest BCUT2D eigenvalue weighted by molar-refractivity contribution is -0.118. The Kier molecular flexibility index (Phi) is 44.3. The van der Waals surface area contributed by atoms with Crippen molar-refractivity contribution in [2.75, 3.05) is 33.9 Å². The highest BCUT2D eigenvalue weighted by Crippen LogP contribution is 2.02. The van der Waals surface area contributed by atoms with Crippen molar-refractivity contribution >= 4 is 6.41 Å². The van der Waals surface area contributed by atoms with Crippen molar-refractivity contribution in [3.8, 4) is 0 Å². The molecule has 28 heavy (non-hydrogen) atoms. The lowest BCUT2D eigenvalue weighted by Crippen LogP contribution is -2.23. The molecule has 0 aromatic heterocycles. The summed E-state index contributed by atoms with van der Waals surface area (Å²) in [6, 6.07) is 0. The van der Waals surface area contributed by atoms with E-state index in [4.69, 9.17) is 16.2 Å². The van der Waals surface area contributed by atoms with Crippen LogP contribution in [0, 0.1) is 0 Å². The Bertz CT molecular complexity index is 322. The maximum absolute atomic E-state index is 10.2. The Hall–Kier alpha value is -1.40. The van der Waals surface area contributed by atoms with Crippen LogP contribution in [0.25, 0.3) is 0 Å². The predicted octanol–water partition coefficient (Wildman–Crippen LogP) is 5.06. The quantitative estimate of drug-likeness (QED) is 0.456. The molecule has 0 aliphatic heterocycles. The Balaban J connectivity index is -0.0000000834. The average Bonchev–Trinajstić information content (AvgIpc) is 2.70. The van der Waals surface area contributed by atoms with E-state index >= 15 is 0 Å². The summed E-state index contributed by atoms with van der Waals surface area (Å²) in [5, 5.41) is 0. The van der Waals surface area contributed by atoms with Crippen LogP contribution in [0.5, 0.6) is 0 Å². The molecule has 1 amide bonds. The molecule has 0 heterocycles. The van der Waals surface area contributed by atoms with Gasteiger partial charge in [0, 0.05) is 32.4 Å². The van der Waals surface area contributed by atoms with Crippen molar-refractivity contribution < 1.29 is 13.9 Å². The van der Waals surface area contributed by atoms with Crippen LogP contribution in [0.15, 0.2) is 23.9 Å². The number of nitrogens with two attached hydrogens (primary N) is 2. The minimum absolute atomic E-state index is 0.0417. The van der Waals surface area contributed by atoms with Crippen molar-refractivity contribution in [2.24, 2.45) is 11.5 Å². The van der Waals surface area contributed by atoms with Crippen LogP contribution in [0.3, 0.4) is 0 Å². The third kappa shape index (κ3) is 56.3. The number of methoxy groups -OCH3 is 1. The summed E-state index contributed by atoms with van der Waals surface area (Å²) in [5.74, 6) is 0. The molecule has 0 bridgehead atoms. The summed E-state index contributed by atoms with van der Waals surface area (Å²) in [6.45, 7) is 18.5. The smallest absolute Gasteiger partial charge is 0.209 e. The first-order valence-electron chi connectivity index (χ1n) is 9.97. The molecule has 0 aromatic carbocycles. The third-order valence-corrected chi connectivity index (χ3v) is 2.86. The Morgan fingerprint density at radius 2 is 1.46 bits per heavy atom. The second-order valence-electron chi connectivity index (χ2n) is 6.50. The normalized spacial score (nSPS) is 10.1. The molecule has 0 radical (unpaired) electrons. The minimum atomic E-state index is 0.0417. The molecule has 0 spiro atoms. The van der Waals surface area contributed by atoms with Crippen molar-refractivity contribution in [3.05, 3.63) is 23.9 Å². The first-order chi connectivity index (χ1) is 13.1. The largest absolute Gasteiger partial charge is 0.401 e. The van der Waals surface area contributed by atoms with Gasteiger partial charge in [0.2, 0.25) is 6.41 Å². The van der Waals surface area contributed by atoms with E-state index in [2.05, 4.69) is 32.9 Å². The molecule has 0 saturated heterocycles. The van der Waals surface area contributed by atoms with E-state index in [9.17, 15) is 9.18 Å². The van der Waals surface area contributed by atoms with E-state index in [-0.39, 0.29) is 5.60 Å². The van der Waals surface area contributed by atoms with E-state index in [1.807, 2.05) is 34.6 Å². The minimum Gasteiger partial charge on any atom is -0.401 e. The Morgan fingerprint density at radius 1 is 1.07 bits per heavy atom. The molecule has 0 aliphatic rings. The lowest BCUT2D eigenvalue weighted by atomic mass is 10.2. The van der Waals surface area contributed by atoms with Gasteiger partial charge in [0.15, 0.2) is 0 Å². The molecule has 0 aliphatic carbocycles. The van der Waals surface area contributed by atoms with E-state index in [0.29, 0.717) is 13.7 Å². The van der Waals surface area contributed by atoms with Gasteiger partial charge in [-0.2, -0.15) is 0 Å². The second kappa shape index (κ2) is 33.2. The zero-order chi connectivity index (χ0) is 23.4. The van der Waals surface area contributed by atoms with Crippen LogP contribution in [-0.4, -0.2) is 50.8 Å². The van der Waals surface area contributed by atoms with Crippen LogP contribution in [0.4, 0.5) is 4.39 Å². The number of allylic oxidation sites excluding steroid dienone is 3. The van der Waals surface area contributed by atoms with Gasteiger partial charge >= 0.3 is 0 Å². The van der Waals surface area contributed by atoms with Crippen LogP contribution in [0.2, 0.25) is 0 Å². The topological polar surface area (TPSA) is 81.6 Å². The second-order valence-corrected chi connectivity index (χ2v) is 6.50. The molecule has 0 fully saturated rings. The highest BCUT2D eigenvalue weighted by molar-refractivity contribution is 5.46. The maximum Gasteiger partial charge on any atom is 0.209 e. The fraction of sp³-hybridized carbons (Fsp3) is 0.773. The van der Waals surface area contributed by atoms with Crippen LogP contribution in [0.1, 0.15) is 74.7 Å². The van der Waals surface area contributed by atoms with Crippen molar-refractivity contribution in [1.29, 1.82) is 0 Å². The molecule has 5 nitrogen and oxygen atoms in total. The van der Waals surface area contributed by atoms with E-state index in [1.165, 1.54) is 0 Å². The lowest BCUT2D eigenvalue weighted by Gasteiger charge is -2.14. The molecule has 172 valence electrons. The highest BCUT2D eigenvalue weighted by atomic mass is 19.1. The van der Waals surface area contributed by atoms with Crippen molar-refractivity contribution in [2.45, 2.75) is 80.3 Å². The van der Waals surface area contributed by atoms with Gasteiger partial charge in [0.05, 0.1) is 12.8 Å². The van der Waals surface area contributed by atoms with Gasteiger partial charge < -0.3 is 21.1 Å². The Labute approximate surface area is 175 Å². The van der Waals surface area contributed by atoms with Crippen LogP contribution < -0.4 is 11.5 Å². The van der Waals surface area contributed by atoms with Gasteiger partial charge in [0.25, 0.3) is 0 Å². The molecule has 4 N–H and O–H groups in total. The monoisotopic (exact) mass is 407 g/mol. The van der Waals surface area contributed by atoms with Gasteiger partial charge in [-0.3, -0.25) is 9.18 Å². The molecule has 0 atom stereocenters. The van der Waals surface area contributed by atoms with Gasteiger partial charge in [-0.05, 0) is 53.9 Å². The SMILES string of the molecule is C/C=C(/N)CN.C/C=C/CC.CCCN(C=O)CCC.CF.COC(C)(C)C. The number of hydrogen-bond donors (Lipinski definition) is 2. The number of rotatable bonds is 7. The molecular formula is C22H50FN3O2. The summed E-state index contributed by atoms with van der Waals surface area (Å²) in [7, 11) is 2.21. The number of halogens is 1. The fourth-order valence-corrected chi connectivity index (χ4v) is 1.15. The zero-order valence-corrected chi connectivity index (χ0v) is 20.3. The molecule has 0 saturated carbocycles. The van der Waals surface area contributed by atoms with Crippen molar-refractivity contribution in [1.82, 2.24) is 4.90 Å². The maximum atomic E-state index is 10.2. The van der Waals surface area contributed by atoms with E-state index in [0.717, 1.165) is 44.5 Å². The Morgan fingerprint density at radius 3 is 1.54 bits per heavy atom. The first kappa shape index (κ1) is 37.4. The molecule has 6 heteroatoms. The van der Waals surface area contributed by atoms with Gasteiger partial charge in [-0.15, -0.1) is 0 Å². The van der Waals surface area contributed by atoms with Crippen LogP contribution >= 0.6 is 0 Å². The molecule has 0 aromatic rings. The molecule has 0 unspecified atom stereocenters. The van der Waals surface area contributed by atoms with E-state index < -0.39 is 0 Å². The van der Waals surface area contributed by atoms with Gasteiger partial charge in [-0.25, -0.2) is 0 Å².